The fourth-order valence-electron chi connectivity index (χ4n) is 9.54. The summed E-state index contributed by atoms with van der Waals surface area (Å²) in [7, 11) is -9.89. The van der Waals surface area contributed by atoms with Crippen molar-refractivity contribution in [1.29, 1.82) is 0 Å². The van der Waals surface area contributed by atoms with Crippen molar-refractivity contribution in [2.75, 3.05) is 39.6 Å². The molecule has 7 atom stereocenters. The van der Waals surface area contributed by atoms with Crippen LogP contribution in [-0.2, 0) is 65.4 Å². The number of carbonyl (C=O) groups is 4. The average Bonchev–Trinajstić information content (AvgIpc) is 3.58. The predicted octanol–water partition coefficient (Wildman–Crippen LogP) is 17.8. The van der Waals surface area contributed by atoms with Gasteiger partial charge in [0.1, 0.15) is 19.3 Å². The van der Waals surface area contributed by atoms with Crippen molar-refractivity contribution in [2.24, 2.45) is 23.7 Å². The first kappa shape index (κ1) is 82.1. The standard InChI is InChI=1S/C65H126O17P2/c1-9-57(7)43-35-27-18-13-11-12-14-20-31-39-47-64(69)81-60(51-75-62(67)45-37-29-19-16-15-17-25-33-41-55(3)4)53-79-83(71,72)77-49-59(66)50-78-84(73,74)80-54-61(52-76-63(68)46-38-30-23-21-26-34-42-56(5)6)82-65(70)48-40-32-24-22-28-36-44-58(8)10-2/h55-61,66H,9-54H2,1-8H3,(H,71,72)(H,73,74)/t57?,58?,59-,60-,61-/m1/s1. The van der Waals surface area contributed by atoms with Gasteiger partial charge in [-0.1, -0.05) is 261 Å². The van der Waals surface area contributed by atoms with E-state index < -0.39 is 97.5 Å². The highest BCUT2D eigenvalue weighted by Gasteiger charge is 2.30. The van der Waals surface area contributed by atoms with Gasteiger partial charge in [-0.25, -0.2) is 9.13 Å². The molecule has 498 valence electrons. The minimum absolute atomic E-state index is 0.101. The van der Waals surface area contributed by atoms with Gasteiger partial charge in [0.05, 0.1) is 26.4 Å². The lowest BCUT2D eigenvalue weighted by Gasteiger charge is -2.21. The number of phosphoric ester groups is 2. The number of hydrogen-bond acceptors (Lipinski definition) is 15. The Morgan fingerprint density at radius 2 is 0.571 bits per heavy atom. The number of rotatable bonds is 62. The molecule has 0 aromatic rings. The molecule has 0 fully saturated rings. The Labute approximate surface area is 511 Å². The zero-order chi connectivity index (χ0) is 62.5. The van der Waals surface area contributed by atoms with Crippen molar-refractivity contribution in [1.82, 2.24) is 0 Å². The molecule has 0 bridgehead atoms. The molecule has 17 nitrogen and oxygen atoms in total. The summed E-state index contributed by atoms with van der Waals surface area (Å²) in [5.74, 6) is 0.788. The number of unbranched alkanes of at least 4 members (excludes halogenated alkanes) is 26. The average molecular weight is 1240 g/mol. The highest BCUT2D eigenvalue weighted by molar-refractivity contribution is 7.47. The molecule has 0 aromatic heterocycles. The van der Waals surface area contributed by atoms with Gasteiger partial charge in [-0.15, -0.1) is 0 Å². The number of ether oxygens (including phenoxy) is 4. The fraction of sp³-hybridized carbons (Fsp3) is 0.938. The van der Waals surface area contributed by atoms with E-state index in [4.69, 9.17) is 37.0 Å². The quantitative estimate of drug-likeness (QED) is 0.0222. The third kappa shape index (κ3) is 56.6. The molecule has 4 unspecified atom stereocenters. The SMILES string of the molecule is CCC(C)CCCCCCCCCCCCC(=O)O[C@H](COC(=O)CCCCCCCCCCC(C)C)COP(=O)(O)OC[C@@H](O)COP(=O)(O)OC[C@@H](COC(=O)CCCCCCCCC(C)C)OC(=O)CCCCCCCCC(C)CC. The maximum Gasteiger partial charge on any atom is 0.472 e. The molecule has 0 saturated heterocycles. The van der Waals surface area contributed by atoms with Crippen LogP contribution in [0.25, 0.3) is 0 Å². The second-order valence-corrected chi connectivity index (χ2v) is 27.8. The lowest BCUT2D eigenvalue weighted by molar-refractivity contribution is -0.161. The van der Waals surface area contributed by atoms with E-state index in [2.05, 4.69) is 55.4 Å². The molecule has 0 aliphatic rings. The highest BCUT2D eigenvalue weighted by Crippen LogP contribution is 2.45. The molecule has 3 N–H and O–H groups in total. The molecule has 0 spiro atoms. The molecule has 84 heavy (non-hydrogen) atoms. The van der Waals surface area contributed by atoms with Crippen LogP contribution in [0.5, 0.6) is 0 Å². The molecule has 0 aliphatic heterocycles. The molecular formula is C65H126O17P2. The Morgan fingerprint density at radius 1 is 0.333 bits per heavy atom. The maximum atomic E-state index is 13.0. The lowest BCUT2D eigenvalue weighted by Crippen LogP contribution is -2.30. The Kier molecular flexibility index (Phi) is 53.9. The van der Waals surface area contributed by atoms with Crippen molar-refractivity contribution in [3.05, 3.63) is 0 Å². The third-order valence-corrected chi connectivity index (χ3v) is 17.4. The van der Waals surface area contributed by atoms with Crippen LogP contribution in [0.2, 0.25) is 0 Å². The highest BCUT2D eigenvalue weighted by atomic mass is 31.2. The van der Waals surface area contributed by atoms with E-state index in [0.717, 1.165) is 114 Å². The number of esters is 4. The molecule has 0 aromatic carbocycles. The van der Waals surface area contributed by atoms with Crippen LogP contribution >= 0.6 is 15.6 Å². The molecule has 0 rings (SSSR count). The minimum Gasteiger partial charge on any atom is -0.462 e. The van der Waals surface area contributed by atoms with Crippen LogP contribution in [-0.4, -0.2) is 96.7 Å². The summed E-state index contributed by atoms with van der Waals surface area (Å²) in [6, 6.07) is 0. The van der Waals surface area contributed by atoms with Gasteiger partial charge >= 0.3 is 39.5 Å². The van der Waals surface area contributed by atoms with E-state index in [0.29, 0.717) is 31.6 Å². The van der Waals surface area contributed by atoms with Crippen LogP contribution in [0.1, 0.15) is 312 Å². The summed E-state index contributed by atoms with van der Waals surface area (Å²) in [6.07, 6.45) is 35.0. The molecule has 0 saturated carbocycles. The van der Waals surface area contributed by atoms with Crippen molar-refractivity contribution in [2.45, 2.75) is 331 Å². The molecule has 0 aliphatic carbocycles. The molecule has 19 heteroatoms. The predicted molar refractivity (Wildman–Crippen MR) is 335 cm³/mol. The number of aliphatic hydroxyl groups excluding tert-OH is 1. The van der Waals surface area contributed by atoms with Gasteiger partial charge in [-0.2, -0.15) is 0 Å². The second-order valence-electron chi connectivity index (χ2n) is 24.9. The van der Waals surface area contributed by atoms with E-state index >= 15 is 0 Å². The molecule has 0 amide bonds. The molecular weight excluding hydrogens is 1110 g/mol. The Morgan fingerprint density at radius 3 is 0.845 bits per heavy atom. The summed E-state index contributed by atoms with van der Waals surface area (Å²) in [5.41, 5.74) is 0. The first-order valence-electron chi connectivity index (χ1n) is 33.8. The van der Waals surface area contributed by atoms with E-state index in [1.54, 1.807) is 0 Å². The number of hydrogen-bond donors (Lipinski definition) is 3. The van der Waals surface area contributed by atoms with Crippen LogP contribution in [0, 0.1) is 23.7 Å². The van der Waals surface area contributed by atoms with Gasteiger partial charge < -0.3 is 33.8 Å². The van der Waals surface area contributed by atoms with Crippen LogP contribution < -0.4 is 0 Å². The van der Waals surface area contributed by atoms with Gasteiger partial charge in [0.15, 0.2) is 12.2 Å². The zero-order valence-corrected chi connectivity index (χ0v) is 56.3. The maximum absolute atomic E-state index is 13.0. The Hall–Kier alpha value is -1.94. The second kappa shape index (κ2) is 55.2. The van der Waals surface area contributed by atoms with E-state index in [9.17, 15) is 43.2 Å². The van der Waals surface area contributed by atoms with Crippen molar-refractivity contribution < 1.29 is 80.2 Å². The van der Waals surface area contributed by atoms with Crippen molar-refractivity contribution in [3.63, 3.8) is 0 Å². The smallest absolute Gasteiger partial charge is 0.462 e. The van der Waals surface area contributed by atoms with Gasteiger partial charge in [0, 0.05) is 25.7 Å². The number of carbonyl (C=O) groups excluding carboxylic acids is 4. The summed E-state index contributed by atoms with van der Waals surface area (Å²) >= 11 is 0. The molecule has 0 radical (unpaired) electrons. The van der Waals surface area contributed by atoms with Crippen LogP contribution in [0.15, 0.2) is 0 Å². The first-order chi connectivity index (χ1) is 40.2. The van der Waals surface area contributed by atoms with Crippen LogP contribution in [0.4, 0.5) is 0 Å². The Balaban J connectivity index is 5.26. The monoisotopic (exact) mass is 1240 g/mol. The van der Waals surface area contributed by atoms with Crippen LogP contribution in [0.3, 0.4) is 0 Å². The van der Waals surface area contributed by atoms with E-state index in [1.807, 2.05) is 0 Å². The number of aliphatic hydroxyl groups is 1. The van der Waals surface area contributed by atoms with Gasteiger partial charge in [0.25, 0.3) is 0 Å². The number of phosphoric acid groups is 2. The lowest BCUT2D eigenvalue weighted by atomic mass is 9.99. The summed E-state index contributed by atoms with van der Waals surface area (Å²) < 4.78 is 68.0. The fourth-order valence-corrected chi connectivity index (χ4v) is 11.1. The summed E-state index contributed by atoms with van der Waals surface area (Å²) in [6.45, 7) is 14.0. The summed E-state index contributed by atoms with van der Waals surface area (Å²) in [4.78, 5) is 72.2. The minimum atomic E-state index is -4.95. The zero-order valence-electron chi connectivity index (χ0n) is 54.5. The third-order valence-electron chi connectivity index (χ3n) is 15.5. The van der Waals surface area contributed by atoms with E-state index in [1.165, 1.54) is 109 Å². The van der Waals surface area contributed by atoms with Gasteiger partial charge in [-0.05, 0) is 49.4 Å². The topological polar surface area (TPSA) is 237 Å². The summed E-state index contributed by atoms with van der Waals surface area (Å²) in [5, 5.41) is 10.5. The first-order valence-corrected chi connectivity index (χ1v) is 36.8. The van der Waals surface area contributed by atoms with Gasteiger partial charge in [0.2, 0.25) is 0 Å². The van der Waals surface area contributed by atoms with Gasteiger partial charge in [-0.3, -0.25) is 37.3 Å². The largest absolute Gasteiger partial charge is 0.472 e. The Bertz CT molecular complexity index is 1680. The van der Waals surface area contributed by atoms with E-state index in [-0.39, 0.29) is 25.7 Å². The molecule has 0 heterocycles. The normalized spacial score (nSPS) is 15.1. The van der Waals surface area contributed by atoms with Crippen molar-refractivity contribution in [3.8, 4) is 0 Å². The van der Waals surface area contributed by atoms with Crippen molar-refractivity contribution >= 4 is 39.5 Å².